The summed E-state index contributed by atoms with van der Waals surface area (Å²) in [6.45, 7) is 3.59. The van der Waals surface area contributed by atoms with Crippen LogP contribution in [0.15, 0.2) is 30.3 Å². The molecule has 0 heterocycles. The molecule has 1 rings (SSSR count). The third-order valence-corrected chi connectivity index (χ3v) is 2.87. The first-order chi connectivity index (χ1) is 8.69. The highest BCUT2D eigenvalue weighted by Gasteiger charge is 2.19. The van der Waals surface area contributed by atoms with Crippen molar-refractivity contribution in [1.29, 1.82) is 0 Å². The van der Waals surface area contributed by atoms with Crippen molar-refractivity contribution in [3.63, 3.8) is 0 Å². The summed E-state index contributed by atoms with van der Waals surface area (Å²) in [5.74, 6) is -0.0460. The van der Waals surface area contributed by atoms with E-state index >= 15 is 0 Å². The van der Waals surface area contributed by atoms with Crippen LogP contribution in [0.1, 0.15) is 12.5 Å². The summed E-state index contributed by atoms with van der Waals surface area (Å²) in [4.78, 5) is 13.8. The molecule has 19 heavy (non-hydrogen) atoms. The van der Waals surface area contributed by atoms with Crippen LogP contribution in [0.2, 0.25) is 0 Å². The zero-order chi connectivity index (χ0) is 13.4. The van der Waals surface area contributed by atoms with E-state index in [0.29, 0.717) is 13.1 Å². The van der Waals surface area contributed by atoms with Gasteiger partial charge in [0, 0.05) is 20.2 Å². The largest absolute Gasteiger partial charge is 0.383 e. The van der Waals surface area contributed by atoms with Gasteiger partial charge in [-0.1, -0.05) is 30.3 Å². The van der Waals surface area contributed by atoms with E-state index in [2.05, 4.69) is 12.1 Å². The lowest BCUT2D eigenvalue weighted by Crippen LogP contribution is -2.46. The summed E-state index contributed by atoms with van der Waals surface area (Å²) < 4.78 is 4.91. The Kier molecular flexibility index (Phi) is 9.21. The van der Waals surface area contributed by atoms with Crippen LogP contribution in [-0.4, -0.2) is 43.7 Å². The van der Waals surface area contributed by atoms with Crippen LogP contribution in [0.3, 0.4) is 0 Å². The SMILES string of the molecule is CCN(CCc1ccccc1)C(=O)C(N)COC.Cl. The van der Waals surface area contributed by atoms with Crippen LogP contribution >= 0.6 is 12.4 Å². The molecule has 0 spiro atoms. The molecule has 2 N–H and O–H groups in total. The fourth-order valence-electron chi connectivity index (χ4n) is 1.82. The Morgan fingerprint density at radius 3 is 2.53 bits per heavy atom. The van der Waals surface area contributed by atoms with Crippen molar-refractivity contribution in [2.45, 2.75) is 19.4 Å². The van der Waals surface area contributed by atoms with Gasteiger partial charge in [-0.25, -0.2) is 0 Å². The molecule has 0 aliphatic carbocycles. The van der Waals surface area contributed by atoms with E-state index in [0.717, 1.165) is 6.42 Å². The van der Waals surface area contributed by atoms with Crippen molar-refractivity contribution in [1.82, 2.24) is 4.90 Å². The second-order valence-corrected chi connectivity index (χ2v) is 4.22. The van der Waals surface area contributed by atoms with Gasteiger partial charge in [0.05, 0.1) is 6.61 Å². The number of benzene rings is 1. The van der Waals surface area contributed by atoms with Crippen LogP contribution in [0, 0.1) is 0 Å². The molecule has 4 nitrogen and oxygen atoms in total. The normalized spacial score (nSPS) is 11.5. The van der Waals surface area contributed by atoms with E-state index in [1.54, 1.807) is 12.0 Å². The first-order valence-corrected chi connectivity index (χ1v) is 6.26. The van der Waals surface area contributed by atoms with E-state index in [9.17, 15) is 4.79 Å². The number of nitrogens with two attached hydrogens (primary N) is 1. The average molecular weight is 287 g/mol. The summed E-state index contributed by atoms with van der Waals surface area (Å²) in [6.07, 6.45) is 0.847. The molecule has 0 saturated carbocycles. The molecule has 1 atom stereocenters. The quantitative estimate of drug-likeness (QED) is 0.826. The molecular weight excluding hydrogens is 264 g/mol. The Morgan fingerprint density at radius 2 is 2.00 bits per heavy atom. The summed E-state index contributed by atoms with van der Waals surface area (Å²) in [6, 6.07) is 9.56. The van der Waals surface area contributed by atoms with Gasteiger partial charge in [-0.3, -0.25) is 4.79 Å². The molecule has 1 unspecified atom stereocenters. The molecule has 0 radical (unpaired) electrons. The monoisotopic (exact) mass is 286 g/mol. The van der Waals surface area contributed by atoms with Gasteiger partial charge in [-0.05, 0) is 18.9 Å². The highest BCUT2D eigenvalue weighted by molar-refractivity contribution is 5.85. The van der Waals surface area contributed by atoms with Crippen LogP contribution < -0.4 is 5.73 Å². The summed E-state index contributed by atoms with van der Waals surface area (Å²) >= 11 is 0. The molecule has 0 aliphatic heterocycles. The van der Waals surface area contributed by atoms with Gasteiger partial charge in [-0.15, -0.1) is 12.4 Å². The van der Waals surface area contributed by atoms with Gasteiger partial charge >= 0.3 is 0 Å². The van der Waals surface area contributed by atoms with Crippen molar-refractivity contribution in [3.8, 4) is 0 Å². The van der Waals surface area contributed by atoms with Crippen molar-refractivity contribution in [3.05, 3.63) is 35.9 Å². The Labute approximate surface area is 121 Å². The summed E-state index contributed by atoms with van der Waals surface area (Å²) in [7, 11) is 1.55. The lowest BCUT2D eigenvalue weighted by molar-refractivity contribution is -0.133. The van der Waals surface area contributed by atoms with Gasteiger partial charge in [0.25, 0.3) is 0 Å². The predicted molar refractivity (Wildman–Crippen MR) is 79.5 cm³/mol. The third-order valence-electron chi connectivity index (χ3n) is 2.87. The van der Waals surface area contributed by atoms with Gasteiger partial charge < -0.3 is 15.4 Å². The topological polar surface area (TPSA) is 55.6 Å². The fraction of sp³-hybridized carbons (Fsp3) is 0.500. The number of hydrogen-bond donors (Lipinski definition) is 1. The van der Waals surface area contributed by atoms with Gasteiger partial charge in [0.1, 0.15) is 6.04 Å². The zero-order valence-electron chi connectivity index (χ0n) is 11.5. The molecule has 1 amide bonds. The van der Waals surface area contributed by atoms with Crippen LogP contribution in [0.25, 0.3) is 0 Å². The molecule has 0 bridgehead atoms. The maximum Gasteiger partial charge on any atom is 0.241 e. The Hall–Kier alpha value is -1.10. The minimum atomic E-state index is -0.564. The number of hydrogen-bond acceptors (Lipinski definition) is 3. The second kappa shape index (κ2) is 9.78. The van der Waals surface area contributed by atoms with Crippen molar-refractivity contribution in [2.75, 3.05) is 26.8 Å². The maximum atomic E-state index is 12.0. The van der Waals surface area contributed by atoms with Gasteiger partial charge in [0.15, 0.2) is 0 Å². The Balaban J connectivity index is 0.00000324. The number of rotatable bonds is 7. The highest BCUT2D eigenvalue weighted by atomic mass is 35.5. The molecule has 0 saturated heterocycles. The summed E-state index contributed by atoms with van der Waals surface area (Å²) in [5.41, 5.74) is 6.98. The number of likely N-dealkylation sites (N-methyl/N-ethyl adjacent to an activating group) is 1. The maximum absolute atomic E-state index is 12.0. The van der Waals surface area contributed by atoms with Crippen molar-refractivity contribution in [2.24, 2.45) is 5.73 Å². The number of nitrogens with zero attached hydrogens (tertiary/aromatic N) is 1. The third kappa shape index (κ3) is 6.05. The first kappa shape index (κ1) is 17.9. The molecule has 0 aliphatic rings. The van der Waals surface area contributed by atoms with Crippen molar-refractivity contribution < 1.29 is 9.53 Å². The standard InChI is InChI=1S/C14H22N2O2.ClH/c1-3-16(14(17)13(15)11-18-2)10-9-12-7-5-4-6-8-12;/h4-8,13H,3,9-11,15H2,1-2H3;1H. The lowest BCUT2D eigenvalue weighted by Gasteiger charge is -2.24. The fourth-order valence-corrected chi connectivity index (χ4v) is 1.82. The number of halogens is 1. The highest BCUT2D eigenvalue weighted by Crippen LogP contribution is 2.02. The minimum absolute atomic E-state index is 0. The second-order valence-electron chi connectivity index (χ2n) is 4.22. The van der Waals surface area contributed by atoms with E-state index in [4.69, 9.17) is 10.5 Å². The average Bonchev–Trinajstić information content (AvgIpc) is 2.40. The number of carbonyl (C=O) groups excluding carboxylic acids is 1. The number of ether oxygens (including phenoxy) is 1. The molecule has 0 aromatic heterocycles. The minimum Gasteiger partial charge on any atom is -0.383 e. The van der Waals surface area contributed by atoms with Gasteiger partial charge in [0.2, 0.25) is 5.91 Å². The van der Waals surface area contributed by atoms with E-state index in [-0.39, 0.29) is 24.9 Å². The molecule has 1 aromatic rings. The van der Waals surface area contributed by atoms with Gasteiger partial charge in [-0.2, -0.15) is 0 Å². The Morgan fingerprint density at radius 1 is 1.37 bits per heavy atom. The number of carbonyl (C=O) groups is 1. The first-order valence-electron chi connectivity index (χ1n) is 6.26. The van der Waals surface area contributed by atoms with E-state index in [1.165, 1.54) is 5.56 Å². The number of amides is 1. The van der Waals surface area contributed by atoms with Crippen molar-refractivity contribution >= 4 is 18.3 Å². The molecular formula is C14H23ClN2O2. The molecule has 5 heteroatoms. The molecule has 108 valence electrons. The van der Waals surface area contributed by atoms with Crippen LogP contribution in [0.4, 0.5) is 0 Å². The predicted octanol–water partition coefficient (Wildman–Crippen LogP) is 1.47. The van der Waals surface area contributed by atoms with E-state index < -0.39 is 6.04 Å². The lowest BCUT2D eigenvalue weighted by atomic mass is 10.1. The molecule has 0 fully saturated rings. The smallest absolute Gasteiger partial charge is 0.241 e. The van der Waals surface area contributed by atoms with E-state index in [1.807, 2.05) is 25.1 Å². The molecule has 1 aromatic carbocycles. The Bertz CT molecular complexity index is 360. The number of methoxy groups -OCH3 is 1. The zero-order valence-corrected chi connectivity index (χ0v) is 12.4. The van der Waals surface area contributed by atoms with Crippen LogP contribution in [0.5, 0.6) is 0 Å². The summed E-state index contributed by atoms with van der Waals surface area (Å²) in [5, 5.41) is 0. The van der Waals surface area contributed by atoms with Crippen LogP contribution in [-0.2, 0) is 16.0 Å².